The highest BCUT2D eigenvalue weighted by molar-refractivity contribution is 5.31. The lowest BCUT2D eigenvalue weighted by atomic mass is 9.75. The summed E-state index contributed by atoms with van der Waals surface area (Å²) in [6.45, 7) is 21.1. The van der Waals surface area contributed by atoms with E-state index in [4.69, 9.17) is 4.98 Å². The molecule has 0 aliphatic heterocycles. The van der Waals surface area contributed by atoms with Gasteiger partial charge >= 0.3 is 0 Å². The van der Waals surface area contributed by atoms with Gasteiger partial charge in [0.25, 0.3) is 0 Å². The fourth-order valence-electron chi connectivity index (χ4n) is 3.89. The molecular formula is C24H46N2. The van der Waals surface area contributed by atoms with Crippen LogP contribution in [0.5, 0.6) is 0 Å². The average Bonchev–Trinajstić information content (AvgIpc) is 3.04. The summed E-state index contributed by atoms with van der Waals surface area (Å²) in [6.07, 6.45) is 11.2. The number of rotatable bonds is 12. The van der Waals surface area contributed by atoms with Gasteiger partial charge in [0, 0.05) is 21.9 Å². The van der Waals surface area contributed by atoms with Crippen LogP contribution in [0.2, 0.25) is 0 Å². The molecule has 0 unspecified atom stereocenters. The van der Waals surface area contributed by atoms with Gasteiger partial charge in [-0.1, -0.05) is 101 Å². The maximum absolute atomic E-state index is 5.28. The maximum Gasteiger partial charge on any atom is 0.112 e. The van der Waals surface area contributed by atoms with Gasteiger partial charge in [-0.2, -0.15) is 0 Å². The smallest absolute Gasteiger partial charge is 0.112 e. The lowest BCUT2D eigenvalue weighted by molar-refractivity contribution is 0.404. The molecule has 1 rings (SSSR count). The first-order valence-electron chi connectivity index (χ1n) is 11.1. The van der Waals surface area contributed by atoms with E-state index in [9.17, 15) is 0 Å². The van der Waals surface area contributed by atoms with Crippen LogP contribution in [-0.2, 0) is 16.2 Å². The van der Waals surface area contributed by atoms with Crippen LogP contribution >= 0.6 is 0 Å². The highest BCUT2D eigenvalue weighted by Gasteiger charge is 2.36. The molecule has 2 nitrogen and oxygen atoms in total. The molecule has 0 bridgehead atoms. The predicted octanol–water partition coefficient (Wildman–Crippen LogP) is 7.81. The largest absolute Gasteiger partial charge is 0.345 e. The number of hydrogen-bond donors (Lipinski definition) is 1. The van der Waals surface area contributed by atoms with Gasteiger partial charge in [0.15, 0.2) is 0 Å². The second-order valence-corrected chi connectivity index (χ2v) is 10.3. The molecule has 0 aliphatic rings. The van der Waals surface area contributed by atoms with Gasteiger partial charge in [-0.05, 0) is 19.3 Å². The lowest BCUT2D eigenvalue weighted by Gasteiger charge is -2.30. The summed E-state index contributed by atoms with van der Waals surface area (Å²) in [4.78, 5) is 9.13. The van der Waals surface area contributed by atoms with Crippen molar-refractivity contribution in [1.29, 1.82) is 0 Å². The van der Waals surface area contributed by atoms with Gasteiger partial charge in [-0.3, -0.25) is 0 Å². The third-order valence-corrected chi connectivity index (χ3v) is 6.13. The van der Waals surface area contributed by atoms with E-state index in [0.717, 1.165) is 0 Å². The molecule has 152 valence electrons. The Morgan fingerprint density at radius 1 is 0.654 bits per heavy atom. The normalized spacial score (nSPS) is 13.4. The second-order valence-electron chi connectivity index (χ2n) is 10.3. The minimum atomic E-state index is 0.116. The predicted molar refractivity (Wildman–Crippen MR) is 116 cm³/mol. The third kappa shape index (κ3) is 5.86. The highest BCUT2D eigenvalue weighted by atomic mass is 15.0. The van der Waals surface area contributed by atoms with Crippen molar-refractivity contribution in [2.75, 3.05) is 0 Å². The van der Waals surface area contributed by atoms with Crippen LogP contribution in [0.3, 0.4) is 0 Å². The molecule has 0 fully saturated rings. The van der Waals surface area contributed by atoms with Crippen molar-refractivity contribution >= 4 is 0 Å². The Bertz CT molecular complexity index is 497. The zero-order valence-corrected chi connectivity index (χ0v) is 19.3. The number of H-pyrrole nitrogens is 1. The first-order valence-corrected chi connectivity index (χ1v) is 11.1. The summed E-state index contributed by atoms with van der Waals surface area (Å²) < 4.78 is 0. The molecule has 1 aromatic rings. The van der Waals surface area contributed by atoms with Gasteiger partial charge in [0.2, 0.25) is 0 Å². The van der Waals surface area contributed by atoms with Crippen LogP contribution in [0.1, 0.15) is 137 Å². The Balaban J connectivity index is 3.36. The van der Waals surface area contributed by atoms with Crippen LogP contribution in [0.15, 0.2) is 0 Å². The van der Waals surface area contributed by atoms with Crippen molar-refractivity contribution < 1.29 is 0 Å². The molecule has 0 amide bonds. The highest BCUT2D eigenvalue weighted by Crippen LogP contribution is 2.40. The Morgan fingerprint density at radius 3 is 1.54 bits per heavy atom. The van der Waals surface area contributed by atoms with Crippen LogP contribution in [0.25, 0.3) is 0 Å². The van der Waals surface area contributed by atoms with Gasteiger partial charge < -0.3 is 4.98 Å². The molecule has 0 aromatic carbocycles. The van der Waals surface area contributed by atoms with Gasteiger partial charge in [-0.15, -0.1) is 0 Å². The summed E-state index contributed by atoms with van der Waals surface area (Å²) in [7, 11) is 0. The fraction of sp³-hybridized carbons (Fsp3) is 0.875. The molecule has 0 radical (unpaired) electrons. The monoisotopic (exact) mass is 362 g/mol. The minimum absolute atomic E-state index is 0.116. The SMILES string of the molecule is CCCCC(C)(C)c1nc(C(C)(C)CCCC)c(C(C)(C)CCCC)[nH]1. The third-order valence-electron chi connectivity index (χ3n) is 6.13. The summed E-state index contributed by atoms with van der Waals surface area (Å²) in [6, 6.07) is 0. The Morgan fingerprint density at radius 2 is 1.08 bits per heavy atom. The molecule has 26 heavy (non-hydrogen) atoms. The number of aromatic amines is 1. The topological polar surface area (TPSA) is 28.7 Å². The molecule has 0 aliphatic carbocycles. The van der Waals surface area contributed by atoms with E-state index in [2.05, 4.69) is 67.3 Å². The summed E-state index contributed by atoms with van der Waals surface area (Å²) in [5.41, 5.74) is 3.12. The van der Waals surface area contributed by atoms with E-state index in [0.29, 0.717) is 0 Å². The summed E-state index contributed by atoms with van der Waals surface area (Å²) in [5.74, 6) is 1.20. The first kappa shape index (κ1) is 23.2. The lowest BCUT2D eigenvalue weighted by Crippen LogP contribution is -2.26. The van der Waals surface area contributed by atoms with E-state index in [1.807, 2.05) is 0 Å². The van der Waals surface area contributed by atoms with Crippen molar-refractivity contribution in [2.24, 2.45) is 0 Å². The van der Waals surface area contributed by atoms with Crippen molar-refractivity contribution in [3.05, 3.63) is 17.2 Å². The van der Waals surface area contributed by atoms with E-state index in [1.165, 1.54) is 75.0 Å². The number of hydrogen-bond acceptors (Lipinski definition) is 1. The number of nitrogens with zero attached hydrogens (tertiary/aromatic N) is 1. The number of unbranched alkanes of at least 4 members (excludes halogenated alkanes) is 3. The van der Waals surface area contributed by atoms with Crippen molar-refractivity contribution in [3.8, 4) is 0 Å². The zero-order valence-electron chi connectivity index (χ0n) is 19.3. The van der Waals surface area contributed by atoms with Gasteiger partial charge in [-0.25, -0.2) is 4.98 Å². The molecule has 0 saturated carbocycles. The van der Waals surface area contributed by atoms with Crippen molar-refractivity contribution in [1.82, 2.24) is 9.97 Å². The van der Waals surface area contributed by atoms with E-state index >= 15 is 0 Å². The van der Waals surface area contributed by atoms with Crippen LogP contribution in [0, 0.1) is 0 Å². The molecule has 2 heteroatoms. The zero-order chi connectivity index (χ0) is 20.0. The first-order chi connectivity index (χ1) is 12.0. The fourth-order valence-corrected chi connectivity index (χ4v) is 3.89. The molecule has 1 aromatic heterocycles. The van der Waals surface area contributed by atoms with Crippen LogP contribution in [-0.4, -0.2) is 9.97 Å². The van der Waals surface area contributed by atoms with Crippen molar-refractivity contribution in [3.63, 3.8) is 0 Å². The van der Waals surface area contributed by atoms with Crippen LogP contribution in [0.4, 0.5) is 0 Å². The van der Waals surface area contributed by atoms with Crippen LogP contribution < -0.4 is 0 Å². The van der Waals surface area contributed by atoms with Gasteiger partial charge in [0.1, 0.15) is 5.82 Å². The number of aromatic nitrogens is 2. The van der Waals surface area contributed by atoms with Crippen molar-refractivity contribution in [2.45, 2.75) is 136 Å². The molecular weight excluding hydrogens is 316 g/mol. The Labute approximate surface area is 164 Å². The van der Waals surface area contributed by atoms with E-state index < -0.39 is 0 Å². The molecule has 1 N–H and O–H groups in total. The second kappa shape index (κ2) is 9.42. The summed E-state index contributed by atoms with van der Waals surface area (Å²) in [5, 5.41) is 0. The Kier molecular flexibility index (Phi) is 8.42. The quantitative estimate of drug-likeness (QED) is 0.403. The van der Waals surface area contributed by atoms with Gasteiger partial charge in [0.05, 0.1) is 5.69 Å². The molecule has 0 saturated heterocycles. The standard InChI is InChI=1S/C24H46N2/c1-10-13-16-22(4,5)19-20(23(6,7)17-14-11-2)26-21(25-19)24(8,9)18-15-12-3/h10-18H2,1-9H3,(H,25,26). The van der Waals surface area contributed by atoms with E-state index in [1.54, 1.807) is 0 Å². The average molecular weight is 363 g/mol. The summed E-state index contributed by atoms with van der Waals surface area (Å²) >= 11 is 0. The minimum Gasteiger partial charge on any atom is -0.345 e. The molecule has 0 spiro atoms. The molecule has 0 atom stereocenters. The number of imidazole rings is 1. The Hall–Kier alpha value is -0.790. The molecule has 1 heterocycles. The maximum atomic E-state index is 5.28. The number of nitrogens with one attached hydrogen (secondary N) is 1. The van der Waals surface area contributed by atoms with E-state index in [-0.39, 0.29) is 16.2 Å².